The molecule has 0 bridgehead atoms. The first-order chi connectivity index (χ1) is 14.6. The number of benzene rings is 1. The zero-order valence-electron chi connectivity index (χ0n) is 17.9. The van der Waals surface area contributed by atoms with Gasteiger partial charge in [0.25, 0.3) is 0 Å². The van der Waals surface area contributed by atoms with Crippen molar-refractivity contribution in [1.29, 1.82) is 0 Å². The molecule has 30 heavy (non-hydrogen) atoms. The molecule has 2 aromatic rings. The number of methoxy groups -OCH3 is 1. The number of carboxylic acid groups (broad SMARTS) is 1. The standard InChI is InChI=1S/C23H31N3O4/c1-15(23(27)28)24-22-17-8-5-7-16(17)18-13-20(29-2)21(14-19(18)25-22)30-12-6-11-26-9-3-4-10-26/h13-15H,3-12H2,1-2H3,(H,24,25)(H,27,28). The highest BCUT2D eigenvalue weighted by Gasteiger charge is 2.23. The number of pyridine rings is 1. The number of hydrogen-bond acceptors (Lipinski definition) is 6. The number of rotatable bonds is 9. The molecule has 4 rings (SSSR count). The van der Waals surface area contributed by atoms with Crippen molar-refractivity contribution in [3.8, 4) is 11.5 Å². The molecule has 1 aliphatic heterocycles. The fourth-order valence-electron chi connectivity index (χ4n) is 4.51. The van der Waals surface area contributed by atoms with E-state index in [1.807, 2.05) is 12.1 Å². The van der Waals surface area contributed by atoms with Gasteiger partial charge in [-0.3, -0.25) is 4.79 Å². The molecule has 1 unspecified atom stereocenters. The Morgan fingerprint density at radius 3 is 2.70 bits per heavy atom. The van der Waals surface area contributed by atoms with Crippen molar-refractivity contribution in [1.82, 2.24) is 9.88 Å². The van der Waals surface area contributed by atoms with Crippen molar-refractivity contribution in [3.63, 3.8) is 0 Å². The van der Waals surface area contributed by atoms with Crippen molar-refractivity contribution in [2.45, 2.75) is 51.5 Å². The fourth-order valence-corrected chi connectivity index (χ4v) is 4.51. The smallest absolute Gasteiger partial charge is 0.325 e. The Balaban J connectivity index is 1.58. The van der Waals surface area contributed by atoms with Crippen LogP contribution in [0.3, 0.4) is 0 Å². The van der Waals surface area contributed by atoms with Gasteiger partial charge in [-0.25, -0.2) is 4.98 Å². The van der Waals surface area contributed by atoms with Crippen molar-refractivity contribution in [3.05, 3.63) is 23.3 Å². The number of aliphatic carboxylic acids is 1. The van der Waals surface area contributed by atoms with Gasteiger partial charge in [-0.2, -0.15) is 0 Å². The van der Waals surface area contributed by atoms with Gasteiger partial charge in [-0.05, 0) is 75.7 Å². The van der Waals surface area contributed by atoms with Gasteiger partial charge in [0, 0.05) is 18.0 Å². The fraction of sp³-hybridized carbons (Fsp3) is 0.565. The summed E-state index contributed by atoms with van der Waals surface area (Å²) in [5.41, 5.74) is 3.17. The molecule has 0 saturated carbocycles. The first-order valence-electron chi connectivity index (χ1n) is 10.9. The van der Waals surface area contributed by atoms with Gasteiger partial charge in [-0.1, -0.05) is 0 Å². The van der Waals surface area contributed by atoms with Crippen molar-refractivity contribution < 1.29 is 19.4 Å². The second-order valence-corrected chi connectivity index (χ2v) is 8.25. The molecule has 7 nitrogen and oxygen atoms in total. The van der Waals surface area contributed by atoms with Crippen molar-refractivity contribution in [2.75, 3.05) is 38.7 Å². The molecule has 0 amide bonds. The lowest BCUT2D eigenvalue weighted by molar-refractivity contribution is -0.137. The van der Waals surface area contributed by atoms with E-state index in [4.69, 9.17) is 14.5 Å². The summed E-state index contributed by atoms with van der Waals surface area (Å²) in [5, 5.41) is 13.4. The lowest BCUT2D eigenvalue weighted by Gasteiger charge is -2.18. The number of nitrogens with one attached hydrogen (secondary N) is 1. The second-order valence-electron chi connectivity index (χ2n) is 8.25. The van der Waals surface area contributed by atoms with E-state index in [1.54, 1.807) is 14.0 Å². The molecule has 2 aliphatic rings. The predicted molar refractivity (Wildman–Crippen MR) is 117 cm³/mol. The van der Waals surface area contributed by atoms with Crippen molar-refractivity contribution in [2.24, 2.45) is 0 Å². The van der Waals surface area contributed by atoms with Crippen LogP contribution in [0.2, 0.25) is 0 Å². The van der Waals surface area contributed by atoms with Crippen LogP contribution in [0.25, 0.3) is 10.9 Å². The predicted octanol–water partition coefficient (Wildman–Crippen LogP) is 3.48. The summed E-state index contributed by atoms with van der Waals surface area (Å²) in [7, 11) is 1.66. The van der Waals surface area contributed by atoms with Crippen LogP contribution >= 0.6 is 0 Å². The molecule has 7 heteroatoms. The van der Waals surface area contributed by atoms with E-state index in [0.29, 0.717) is 18.2 Å². The Morgan fingerprint density at radius 2 is 1.97 bits per heavy atom. The number of ether oxygens (including phenoxy) is 2. The zero-order valence-corrected chi connectivity index (χ0v) is 17.9. The number of carboxylic acids is 1. The maximum atomic E-state index is 11.3. The van der Waals surface area contributed by atoms with Crippen LogP contribution < -0.4 is 14.8 Å². The summed E-state index contributed by atoms with van der Waals surface area (Å²) in [6.45, 7) is 5.71. The molecule has 2 heterocycles. The Morgan fingerprint density at radius 1 is 1.20 bits per heavy atom. The quantitative estimate of drug-likeness (QED) is 0.609. The number of aromatic nitrogens is 1. The highest BCUT2D eigenvalue weighted by Crippen LogP contribution is 2.39. The topological polar surface area (TPSA) is 83.9 Å². The van der Waals surface area contributed by atoms with Gasteiger partial charge in [0.2, 0.25) is 0 Å². The Kier molecular flexibility index (Phi) is 6.27. The van der Waals surface area contributed by atoms with E-state index in [-0.39, 0.29) is 0 Å². The van der Waals surface area contributed by atoms with Crippen LogP contribution in [-0.4, -0.2) is 60.4 Å². The molecular formula is C23H31N3O4. The number of hydrogen-bond donors (Lipinski definition) is 2. The first-order valence-corrected chi connectivity index (χ1v) is 10.9. The third-order valence-electron chi connectivity index (χ3n) is 6.14. The van der Waals surface area contributed by atoms with Gasteiger partial charge in [0.1, 0.15) is 11.9 Å². The highest BCUT2D eigenvalue weighted by molar-refractivity contribution is 5.90. The molecule has 162 valence electrons. The Hall–Kier alpha value is -2.54. The molecule has 1 atom stereocenters. The number of likely N-dealkylation sites (tertiary alicyclic amines) is 1. The number of nitrogens with zero attached hydrogens (tertiary/aromatic N) is 2. The lowest BCUT2D eigenvalue weighted by Crippen LogP contribution is -2.26. The highest BCUT2D eigenvalue weighted by atomic mass is 16.5. The number of carbonyl (C=O) groups is 1. The Bertz CT molecular complexity index is 925. The van der Waals surface area contributed by atoms with E-state index in [1.165, 1.54) is 31.5 Å². The van der Waals surface area contributed by atoms with E-state index >= 15 is 0 Å². The van der Waals surface area contributed by atoms with Crippen LogP contribution in [0.1, 0.15) is 43.7 Å². The monoisotopic (exact) mass is 413 g/mol. The molecular weight excluding hydrogens is 382 g/mol. The van der Waals surface area contributed by atoms with Crippen LogP contribution in [0.15, 0.2) is 12.1 Å². The summed E-state index contributed by atoms with van der Waals surface area (Å²) in [4.78, 5) is 18.6. The summed E-state index contributed by atoms with van der Waals surface area (Å²) in [6, 6.07) is 3.26. The first kappa shape index (κ1) is 20.7. The van der Waals surface area contributed by atoms with Gasteiger partial charge < -0.3 is 24.8 Å². The largest absolute Gasteiger partial charge is 0.493 e. The van der Waals surface area contributed by atoms with E-state index in [2.05, 4.69) is 10.2 Å². The molecule has 1 fully saturated rings. The van der Waals surface area contributed by atoms with Gasteiger partial charge in [-0.15, -0.1) is 0 Å². The molecule has 2 N–H and O–H groups in total. The van der Waals surface area contributed by atoms with Gasteiger partial charge in [0.05, 0.1) is 19.2 Å². The van der Waals surface area contributed by atoms with E-state index in [0.717, 1.165) is 54.4 Å². The number of aryl methyl sites for hydroxylation is 1. The summed E-state index contributed by atoms with van der Waals surface area (Å²) in [5.74, 6) is 1.20. The number of anilines is 1. The maximum absolute atomic E-state index is 11.3. The second kappa shape index (κ2) is 9.08. The average molecular weight is 414 g/mol. The van der Waals surface area contributed by atoms with Gasteiger partial charge >= 0.3 is 5.97 Å². The normalized spacial score (nSPS) is 17.1. The average Bonchev–Trinajstić information content (AvgIpc) is 3.43. The molecule has 0 spiro atoms. The van der Waals surface area contributed by atoms with Gasteiger partial charge in [0.15, 0.2) is 11.5 Å². The molecule has 0 radical (unpaired) electrons. The minimum atomic E-state index is -0.889. The van der Waals surface area contributed by atoms with E-state index in [9.17, 15) is 9.90 Å². The van der Waals surface area contributed by atoms with E-state index < -0.39 is 12.0 Å². The van der Waals surface area contributed by atoms with Crippen LogP contribution in [0.4, 0.5) is 5.82 Å². The van der Waals surface area contributed by atoms with Crippen LogP contribution in [0.5, 0.6) is 11.5 Å². The molecule has 1 saturated heterocycles. The van der Waals surface area contributed by atoms with Crippen LogP contribution in [-0.2, 0) is 17.6 Å². The summed E-state index contributed by atoms with van der Waals surface area (Å²) in [6.07, 6.45) is 6.48. The Labute approximate surface area is 177 Å². The number of fused-ring (bicyclic) bond motifs is 3. The van der Waals surface area contributed by atoms with Crippen molar-refractivity contribution >= 4 is 22.7 Å². The zero-order chi connectivity index (χ0) is 21.1. The molecule has 1 aromatic heterocycles. The lowest BCUT2D eigenvalue weighted by atomic mass is 10.0. The third kappa shape index (κ3) is 4.31. The summed E-state index contributed by atoms with van der Waals surface area (Å²) >= 11 is 0. The van der Waals surface area contributed by atoms with Crippen LogP contribution in [0, 0.1) is 0 Å². The third-order valence-corrected chi connectivity index (χ3v) is 6.14. The molecule has 1 aromatic carbocycles. The molecule has 1 aliphatic carbocycles. The SMILES string of the molecule is COc1cc2c3c(c(NC(C)C(=O)O)nc2cc1OCCCN1CCCC1)CCC3. The minimum Gasteiger partial charge on any atom is -0.493 e. The minimum absolute atomic E-state index is 0.629. The maximum Gasteiger partial charge on any atom is 0.325 e. The summed E-state index contributed by atoms with van der Waals surface area (Å²) < 4.78 is 11.7.